The first-order valence-electron chi connectivity index (χ1n) is 5.13. The minimum absolute atomic E-state index is 0.00775. The molecule has 0 unspecified atom stereocenters. The molecular weight excluding hydrogens is 252 g/mol. The molecule has 2 rings (SSSR count). The highest BCUT2D eigenvalue weighted by Gasteiger charge is 2.10. The Hall–Kier alpha value is -2.21. The molecule has 0 aliphatic carbocycles. The van der Waals surface area contributed by atoms with Crippen molar-refractivity contribution < 1.29 is 9.21 Å². The number of rotatable bonds is 2. The lowest BCUT2D eigenvalue weighted by atomic mass is 10.2. The summed E-state index contributed by atoms with van der Waals surface area (Å²) >= 11 is 4.77. The molecule has 0 aliphatic rings. The number of nitrogens with one attached hydrogen (secondary N) is 1. The summed E-state index contributed by atoms with van der Waals surface area (Å²) in [5, 5.41) is 2.95. The fourth-order valence-corrected chi connectivity index (χ4v) is 1.69. The van der Waals surface area contributed by atoms with Crippen molar-refractivity contribution in [2.45, 2.75) is 6.92 Å². The highest BCUT2D eigenvalue weighted by molar-refractivity contribution is 7.80. The number of hydrogen-bond acceptors (Lipinski definition) is 4. The summed E-state index contributed by atoms with van der Waals surface area (Å²) in [6.07, 6.45) is 0. The Morgan fingerprint density at radius 3 is 2.78 bits per heavy atom. The van der Waals surface area contributed by atoms with Crippen LogP contribution in [0.15, 0.2) is 33.5 Å². The van der Waals surface area contributed by atoms with E-state index in [1.165, 1.54) is 13.0 Å². The van der Waals surface area contributed by atoms with Gasteiger partial charge in [-0.2, -0.15) is 0 Å². The lowest BCUT2D eigenvalue weighted by Crippen LogP contribution is -2.14. The molecule has 0 atom stereocenters. The van der Waals surface area contributed by atoms with Crippen molar-refractivity contribution >= 4 is 39.8 Å². The van der Waals surface area contributed by atoms with Crippen LogP contribution in [0.25, 0.3) is 11.0 Å². The van der Waals surface area contributed by atoms with Crippen molar-refractivity contribution in [1.82, 2.24) is 0 Å². The maximum Gasteiger partial charge on any atom is 0.221 e. The summed E-state index contributed by atoms with van der Waals surface area (Å²) in [7, 11) is 0. The predicted octanol–water partition coefficient (Wildman–Crippen LogP) is 1.39. The van der Waals surface area contributed by atoms with Gasteiger partial charge in [0.05, 0.1) is 11.1 Å². The van der Waals surface area contributed by atoms with Gasteiger partial charge in [-0.15, -0.1) is 0 Å². The quantitative estimate of drug-likeness (QED) is 0.799. The smallest absolute Gasteiger partial charge is 0.221 e. The number of carbonyl (C=O) groups is 1. The zero-order valence-electron chi connectivity index (χ0n) is 9.52. The van der Waals surface area contributed by atoms with Gasteiger partial charge < -0.3 is 15.5 Å². The SMILES string of the molecule is CC(=O)Nc1cccc2c(=O)cc(C(N)=S)oc12. The molecule has 0 radical (unpaired) electrons. The number of fused-ring (bicyclic) bond motifs is 1. The molecule has 2 aromatic rings. The van der Waals surface area contributed by atoms with Crippen LogP contribution in [0.1, 0.15) is 12.7 Å². The minimum Gasteiger partial charge on any atom is -0.451 e. The zero-order valence-corrected chi connectivity index (χ0v) is 10.3. The van der Waals surface area contributed by atoms with Crippen molar-refractivity contribution in [2.24, 2.45) is 5.73 Å². The van der Waals surface area contributed by atoms with Gasteiger partial charge in [-0.05, 0) is 12.1 Å². The van der Waals surface area contributed by atoms with Gasteiger partial charge in [0.25, 0.3) is 0 Å². The molecule has 0 saturated heterocycles. The molecule has 6 heteroatoms. The maximum absolute atomic E-state index is 11.9. The minimum atomic E-state index is -0.258. The second-order valence-electron chi connectivity index (χ2n) is 3.70. The molecule has 18 heavy (non-hydrogen) atoms. The lowest BCUT2D eigenvalue weighted by molar-refractivity contribution is -0.114. The Morgan fingerprint density at radius 2 is 2.17 bits per heavy atom. The van der Waals surface area contributed by atoms with Crippen LogP contribution in [0.5, 0.6) is 0 Å². The third-order valence-corrected chi connectivity index (χ3v) is 2.51. The Balaban J connectivity index is 2.77. The standard InChI is InChI=1S/C12H10N2O3S/c1-6(15)14-8-4-2-3-7-9(16)5-10(12(13)18)17-11(7)8/h2-5H,1H3,(H2,13,18)(H,14,15). The normalized spacial score (nSPS) is 10.3. The second-order valence-corrected chi connectivity index (χ2v) is 4.14. The third kappa shape index (κ3) is 2.23. The van der Waals surface area contributed by atoms with Crippen LogP contribution in [-0.4, -0.2) is 10.9 Å². The monoisotopic (exact) mass is 262 g/mol. The first kappa shape index (κ1) is 12.3. The van der Waals surface area contributed by atoms with Crippen LogP contribution in [0, 0.1) is 0 Å². The number of nitrogens with two attached hydrogens (primary N) is 1. The molecule has 0 bridgehead atoms. The van der Waals surface area contributed by atoms with Gasteiger partial charge in [0.1, 0.15) is 4.99 Å². The Kier molecular flexibility index (Phi) is 3.12. The van der Waals surface area contributed by atoms with E-state index in [0.29, 0.717) is 11.1 Å². The molecule has 0 aliphatic heterocycles. The first-order valence-corrected chi connectivity index (χ1v) is 5.54. The summed E-state index contributed by atoms with van der Waals surface area (Å²) in [6, 6.07) is 6.14. The van der Waals surface area contributed by atoms with E-state index >= 15 is 0 Å². The first-order chi connectivity index (χ1) is 8.49. The molecular formula is C12H10N2O3S. The van der Waals surface area contributed by atoms with E-state index in [0.717, 1.165) is 0 Å². The van der Waals surface area contributed by atoms with Crippen LogP contribution in [-0.2, 0) is 4.79 Å². The largest absolute Gasteiger partial charge is 0.451 e. The van der Waals surface area contributed by atoms with E-state index in [4.69, 9.17) is 22.4 Å². The van der Waals surface area contributed by atoms with Gasteiger partial charge in [0.2, 0.25) is 5.91 Å². The van der Waals surface area contributed by atoms with Gasteiger partial charge >= 0.3 is 0 Å². The van der Waals surface area contributed by atoms with Gasteiger partial charge in [-0.1, -0.05) is 18.3 Å². The van der Waals surface area contributed by atoms with Crippen LogP contribution in [0.2, 0.25) is 0 Å². The summed E-state index contributed by atoms with van der Waals surface area (Å²) < 4.78 is 5.46. The number of para-hydroxylation sites is 1. The predicted molar refractivity (Wildman–Crippen MR) is 72.7 cm³/mol. The summed E-state index contributed by atoms with van der Waals surface area (Å²) in [5.74, 6) is -0.133. The van der Waals surface area contributed by atoms with Crippen LogP contribution >= 0.6 is 12.2 Å². The fourth-order valence-electron chi connectivity index (χ4n) is 1.59. The topological polar surface area (TPSA) is 85.3 Å². The summed E-state index contributed by atoms with van der Waals surface area (Å²) in [5.41, 5.74) is 5.86. The molecule has 3 N–H and O–H groups in total. The number of carbonyl (C=O) groups excluding carboxylic acids is 1. The molecule has 1 aromatic carbocycles. The highest BCUT2D eigenvalue weighted by Crippen LogP contribution is 2.22. The number of hydrogen-bond donors (Lipinski definition) is 2. The average molecular weight is 262 g/mol. The summed E-state index contributed by atoms with van der Waals surface area (Å²) in [4.78, 5) is 22.9. The van der Waals surface area contributed by atoms with Crippen LogP contribution in [0.4, 0.5) is 5.69 Å². The van der Waals surface area contributed by atoms with E-state index in [9.17, 15) is 9.59 Å². The van der Waals surface area contributed by atoms with Gasteiger partial charge in [-0.3, -0.25) is 9.59 Å². The Morgan fingerprint density at radius 1 is 1.44 bits per heavy atom. The van der Waals surface area contributed by atoms with Crippen molar-refractivity contribution in [1.29, 1.82) is 0 Å². The molecule has 92 valence electrons. The molecule has 0 spiro atoms. The molecule has 1 amide bonds. The number of benzene rings is 1. The van der Waals surface area contributed by atoms with Crippen molar-refractivity contribution in [2.75, 3.05) is 5.32 Å². The summed E-state index contributed by atoms with van der Waals surface area (Å²) in [6.45, 7) is 1.37. The van der Waals surface area contributed by atoms with E-state index in [2.05, 4.69) is 5.32 Å². The van der Waals surface area contributed by atoms with E-state index < -0.39 is 0 Å². The van der Waals surface area contributed by atoms with E-state index in [1.807, 2.05) is 0 Å². The van der Waals surface area contributed by atoms with Crippen LogP contribution in [0.3, 0.4) is 0 Å². The molecule has 1 aromatic heterocycles. The number of thiocarbonyl (C=S) groups is 1. The van der Waals surface area contributed by atoms with Gasteiger partial charge in [0, 0.05) is 13.0 Å². The molecule has 0 fully saturated rings. The fraction of sp³-hybridized carbons (Fsp3) is 0.0833. The number of amides is 1. The van der Waals surface area contributed by atoms with Gasteiger partial charge in [-0.25, -0.2) is 0 Å². The highest BCUT2D eigenvalue weighted by atomic mass is 32.1. The van der Waals surface area contributed by atoms with Crippen molar-refractivity contribution in [3.8, 4) is 0 Å². The van der Waals surface area contributed by atoms with E-state index in [-0.39, 0.29) is 27.7 Å². The Labute approximate surface area is 108 Å². The van der Waals surface area contributed by atoms with Crippen molar-refractivity contribution in [3.05, 3.63) is 40.2 Å². The van der Waals surface area contributed by atoms with E-state index in [1.54, 1.807) is 18.2 Å². The zero-order chi connectivity index (χ0) is 13.3. The molecule has 0 saturated carbocycles. The second kappa shape index (κ2) is 4.58. The van der Waals surface area contributed by atoms with Crippen LogP contribution < -0.4 is 16.5 Å². The lowest BCUT2D eigenvalue weighted by Gasteiger charge is -2.06. The average Bonchev–Trinajstić information content (AvgIpc) is 2.29. The van der Waals surface area contributed by atoms with Gasteiger partial charge in [0.15, 0.2) is 16.8 Å². The maximum atomic E-state index is 11.9. The number of anilines is 1. The third-order valence-electron chi connectivity index (χ3n) is 2.31. The molecule has 5 nitrogen and oxygen atoms in total. The Bertz CT molecular complexity index is 706. The van der Waals surface area contributed by atoms with Crippen molar-refractivity contribution in [3.63, 3.8) is 0 Å². The molecule has 1 heterocycles.